The number of amides is 1. The minimum Gasteiger partial charge on any atom is -0.366 e. The Labute approximate surface area is 106 Å². The summed E-state index contributed by atoms with van der Waals surface area (Å²) in [5.41, 5.74) is -0.236. The highest BCUT2D eigenvalue weighted by Crippen LogP contribution is 2.21. The van der Waals surface area contributed by atoms with Crippen molar-refractivity contribution in [3.63, 3.8) is 0 Å². The van der Waals surface area contributed by atoms with E-state index in [0.29, 0.717) is 6.04 Å². The summed E-state index contributed by atoms with van der Waals surface area (Å²) in [6.07, 6.45) is 7.44. The largest absolute Gasteiger partial charge is 0.366 e. The van der Waals surface area contributed by atoms with Gasteiger partial charge in [0.05, 0.1) is 5.60 Å². The molecule has 0 atom stereocenters. The van der Waals surface area contributed by atoms with Crippen molar-refractivity contribution < 1.29 is 9.53 Å². The number of nitrogens with zero attached hydrogens (tertiary/aromatic N) is 1. The van der Waals surface area contributed by atoms with E-state index in [0.717, 1.165) is 12.8 Å². The van der Waals surface area contributed by atoms with Crippen LogP contribution in [-0.4, -0.2) is 36.1 Å². The third-order valence-electron chi connectivity index (χ3n) is 3.39. The molecule has 0 N–H and O–H groups in total. The highest BCUT2D eigenvalue weighted by molar-refractivity contribution is 5.77. The fourth-order valence-electron chi connectivity index (χ4n) is 2.23. The molecule has 0 radical (unpaired) electrons. The average Bonchev–Trinajstić information content (AvgIpc) is 2.52. The Balaban J connectivity index is 2.39. The maximum absolute atomic E-state index is 12.0. The van der Waals surface area contributed by atoms with Gasteiger partial charge in [0.25, 0.3) is 0 Å². The number of ether oxygens (including phenoxy) is 1. The molecule has 3 nitrogen and oxygen atoms in total. The molecule has 1 saturated carbocycles. The lowest BCUT2D eigenvalue weighted by Crippen LogP contribution is -2.40. The van der Waals surface area contributed by atoms with E-state index in [4.69, 9.17) is 4.74 Å². The van der Waals surface area contributed by atoms with Gasteiger partial charge in [0.2, 0.25) is 5.91 Å². The maximum Gasteiger partial charge on any atom is 0.248 e. The summed E-state index contributed by atoms with van der Waals surface area (Å²) in [5, 5.41) is 0. The Hall–Kier alpha value is -0.570. The fourth-order valence-corrected chi connectivity index (χ4v) is 2.23. The minimum absolute atomic E-state index is 0.117. The lowest BCUT2D eigenvalue weighted by molar-refractivity contribution is -0.142. The molecule has 0 spiro atoms. The van der Waals surface area contributed by atoms with Gasteiger partial charge in [-0.1, -0.05) is 25.7 Å². The lowest BCUT2D eigenvalue weighted by Gasteiger charge is -2.28. The first-order valence-electron chi connectivity index (χ1n) is 6.80. The van der Waals surface area contributed by atoms with E-state index in [1.807, 2.05) is 32.7 Å². The standard InChI is InChI=1S/C14H27NO2/c1-14(2,3)17-11-13(16)15(4)12-9-7-5-6-8-10-12/h12H,5-11H2,1-4H3. The molecule has 0 aliphatic heterocycles. The van der Waals surface area contributed by atoms with E-state index in [2.05, 4.69) is 0 Å². The average molecular weight is 241 g/mol. The molecule has 1 amide bonds. The highest BCUT2D eigenvalue weighted by Gasteiger charge is 2.22. The van der Waals surface area contributed by atoms with E-state index < -0.39 is 0 Å². The van der Waals surface area contributed by atoms with Crippen LogP contribution in [0.4, 0.5) is 0 Å². The first-order chi connectivity index (χ1) is 7.90. The first kappa shape index (κ1) is 14.5. The Morgan fingerprint density at radius 1 is 1.18 bits per heavy atom. The number of likely N-dealkylation sites (N-methyl/N-ethyl adjacent to an activating group) is 1. The van der Waals surface area contributed by atoms with Crippen molar-refractivity contribution >= 4 is 5.91 Å². The normalized spacial score (nSPS) is 18.8. The van der Waals surface area contributed by atoms with Crippen molar-refractivity contribution in [3.8, 4) is 0 Å². The lowest BCUT2D eigenvalue weighted by atomic mass is 10.1. The van der Waals surface area contributed by atoms with Crippen LogP contribution in [0, 0.1) is 0 Å². The molecule has 0 aromatic carbocycles. The Morgan fingerprint density at radius 2 is 1.71 bits per heavy atom. The van der Waals surface area contributed by atoms with Crippen LogP contribution in [0.15, 0.2) is 0 Å². The van der Waals surface area contributed by atoms with Gasteiger partial charge in [0, 0.05) is 13.1 Å². The number of hydrogen-bond donors (Lipinski definition) is 0. The number of carbonyl (C=O) groups is 1. The summed E-state index contributed by atoms with van der Waals surface area (Å²) in [7, 11) is 1.92. The molecule has 17 heavy (non-hydrogen) atoms. The second-order valence-electron chi connectivity index (χ2n) is 6.05. The number of hydrogen-bond acceptors (Lipinski definition) is 2. The van der Waals surface area contributed by atoms with Gasteiger partial charge in [0.15, 0.2) is 0 Å². The van der Waals surface area contributed by atoms with Crippen LogP contribution in [0.5, 0.6) is 0 Å². The zero-order chi connectivity index (χ0) is 12.9. The second kappa shape index (κ2) is 6.39. The smallest absolute Gasteiger partial charge is 0.248 e. The Bertz CT molecular complexity index is 237. The monoisotopic (exact) mass is 241 g/mol. The quantitative estimate of drug-likeness (QED) is 0.711. The summed E-state index contributed by atoms with van der Waals surface area (Å²) in [5.74, 6) is 0.117. The number of carbonyl (C=O) groups excluding carboxylic acids is 1. The molecule has 0 bridgehead atoms. The van der Waals surface area contributed by atoms with Gasteiger partial charge in [-0.2, -0.15) is 0 Å². The van der Waals surface area contributed by atoms with Crippen molar-refractivity contribution in [2.24, 2.45) is 0 Å². The van der Waals surface area contributed by atoms with Gasteiger partial charge in [-0.05, 0) is 33.6 Å². The minimum atomic E-state index is -0.236. The third-order valence-corrected chi connectivity index (χ3v) is 3.39. The van der Waals surface area contributed by atoms with E-state index in [-0.39, 0.29) is 18.1 Å². The maximum atomic E-state index is 12.0. The SMILES string of the molecule is CN(C(=O)COC(C)(C)C)C1CCCCCC1. The molecule has 0 saturated heterocycles. The first-order valence-corrected chi connectivity index (χ1v) is 6.80. The molecule has 1 aliphatic rings. The van der Waals surface area contributed by atoms with Gasteiger partial charge in [-0.3, -0.25) is 4.79 Å². The predicted molar refractivity (Wildman–Crippen MR) is 70.0 cm³/mol. The van der Waals surface area contributed by atoms with E-state index in [1.54, 1.807) is 0 Å². The molecular formula is C14H27NO2. The molecule has 3 heteroatoms. The van der Waals surface area contributed by atoms with Crippen LogP contribution in [-0.2, 0) is 9.53 Å². The van der Waals surface area contributed by atoms with Crippen LogP contribution >= 0.6 is 0 Å². The van der Waals surface area contributed by atoms with Crippen molar-refractivity contribution in [2.75, 3.05) is 13.7 Å². The molecule has 1 fully saturated rings. The second-order valence-corrected chi connectivity index (χ2v) is 6.05. The molecule has 0 heterocycles. The molecule has 0 aromatic heterocycles. The molecule has 1 rings (SSSR count). The van der Waals surface area contributed by atoms with Gasteiger partial charge in [-0.15, -0.1) is 0 Å². The van der Waals surface area contributed by atoms with Gasteiger partial charge < -0.3 is 9.64 Å². The zero-order valence-electron chi connectivity index (χ0n) is 11.8. The summed E-state index contributed by atoms with van der Waals surface area (Å²) in [6.45, 7) is 6.14. The Kier molecular flexibility index (Phi) is 5.44. The summed E-state index contributed by atoms with van der Waals surface area (Å²) in [6, 6.07) is 0.425. The van der Waals surface area contributed by atoms with Crippen LogP contribution < -0.4 is 0 Å². The molecule has 0 aromatic rings. The molecular weight excluding hydrogens is 214 g/mol. The van der Waals surface area contributed by atoms with Crippen molar-refractivity contribution in [2.45, 2.75) is 70.9 Å². The molecule has 0 unspecified atom stereocenters. The van der Waals surface area contributed by atoms with Crippen LogP contribution in [0.25, 0.3) is 0 Å². The summed E-state index contributed by atoms with van der Waals surface area (Å²) >= 11 is 0. The van der Waals surface area contributed by atoms with Gasteiger partial charge in [-0.25, -0.2) is 0 Å². The zero-order valence-corrected chi connectivity index (χ0v) is 11.8. The van der Waals surface area contributed by atoms with E-state index in [1.165, 1.54) is 25.7 Å². The van der Waals surface area contributed by atoms with Crippen molar-refractivity contribution in [1.82, 2.24) is 4.90 Å². The molecule has 100 valence electrons. The Morgan fingerprint density at radius 3 is 2.18 bits per heavy atom. The van der Waals surface area contributed by atoms with Gasteiger partial charge >= 0.3 is 0 Å². The fraction of sp³-hybridized carbons (Fsp3) is 0.929. The third kappa shape index (κ3) is 5.53. The van der Waals surface area contributed by atoms with Crippen LogP contribution in [0.2, 0.25) is 0 Å². The van der Waals surface area contributed by atoms with Crippen molar-refractivity contribution in [1.29, 1.82) is 0 Å². The van der Waals surface area contributed by atoms with E-state index in [9.17, 15) is 4.79 Å². The van der Waals surface area contributed by atoms with Crippen LogP contribution in [0.3, 0.4) is 0 Å². The van der Waals surface area contributed by atoms with E-state index >= 15 is 0 Å². The van der Waals surface area contributed by atoms with Crippen molar-refractivity contribution in [3.05, 3.63) is 0 Å². The molecule has 1 aliphatic carbocycles. The summed E-state index contributed by atoms with van der Waals surface area (Å²) in [4.78, 5) is 13.9. The highest BCUT2D eigenvalue weighted by atomic mass is 16.5. The number of rotatable bonds is 3. The van der Waals surface area contributed by atoms with Gasteiger partial charge in [0.1, 0.15) is 6.61 Å². The topological polar surface area (TPSA) is 29.5 Å². The summed E-state index contributed by atoms with van der Waals surface area (Å²) < 4.78 is 5.54. The van der Waals surface area contributed by atoms with Crippen LogP contribution in [0.1, 0.15) is 59.3 Å². The predicted octanol–water partition coefficient (Wildman–Crippen LogP) is 2.98.